The highest BCUT2D eigenvalue weighted by Crippen LogP contribution is 2.19. The van der Waals surface area contributed by atoms with Crippen molar-refractivity contribution >= 4 is 11.6 Å². The zero-order chi connectivity index (χ0) is 12.8. The van der Waals surface area contributed by atoms with Gasteiger partial charge in [-0.1, -0.05) is 11.6 Å². The fraction of sp³-hybridized carbons (Fsp3) is 0.538. The molecule has 0 saturated carbocycles. The number of ether oxygens (including phenoxy) is 1. The van der Waals surface area contributed by atoms with Crippen LogP contribution in [0.25, 0.3) is 0 Å². The molecule has 1 aromatic rings. The molecule has 0 fully saturated rings. The molecule has 17 heavy (non-hydrogen) atoms. The highest BCUT2D eigenvalue weighted by Gasteiger charge is 2.15. The second-order valence-electron chi connectivity index (χ2n) is 4.62. The van der Waals surface area contributed by atoms with Gasteiger partial charge in [-0.2, -0.15) is 0 Å². The van der Waals surface area contributed by atoms with Gasteiger partial charge in [0.25, 0.3) is 0 Å². The molecule has 1 rings (SSSR count). The summed E-state index contributed by atoms with van der Waals surface area (Å²) in [6, 6.07) is 7.55. The molecule has 0 aromatic heterocycles. The van der Waals surface area contributed by atoms with Crippen molar-refractivity contribution in [2.75, 3.05) is 0 Å². The summed E-state index contributed by atoms with van der Waals surface area (Å²) in [5, 5.41) is 0.702. The molecule has 0 amide bonds. The Morgan fingerprint density at radius 3 is 1.94 bits per heavy atom. The molecule has 2 atom stereocenters. The van der Waals surface area contributed by atoms with Gasteiger partial charge in [0.05, 0.1) is 0 Å². The summed E-state index contributed by atoms with van der Waals surface area (Å²) in [5.74, 6) is 0.806. The Balaban J connectivity index is 2.61. The van der Waals surface area contributed by atoms with E-state index in [9.17, 15) is 0 Å². The van der Waals surface area contributed by atoms with E-state index in [4.69, 9.17) is 27.8 Å². The fourth-order valence-corrected chi connectivity index (χ4v) is 1.85. The zero-order valence-corrected chi connectivity index (χ0v) is 11.2. The highest BCUT2D eigenvalue weighted by atomic mass is 35.5. The van der Waals surface area contributed by atoms with E-state index in [1.54, 1.807) is 0 Å². The molecule has 0 spiro atoms. The fourth-order valence-electron chi connectivity index (χ4n) is 1.73. The standard InChI is InChI=1S/C13H21ClN2O/c1-9(15)7-13(8-10(2)16)17-12-5-3-11(14)4-6-12/h3-6,9-10,13H,7-8,15-16H2,1-2H3. The molecule has 3 nitrogen and oxygen atoms in total. The monoisotopic (exact) mass is 256 g/mol. The van der Waals surface area contributed by atoms with Crippen molar-refractivity contribution in [1.82, 2.24) is 0 Å². The van der Waals surface area contributed by atoms with Gasteiger partial charge in [0.1, 0.15) is 11.9 Å². The largest absolute Gasteiger partial charge is 0.490 e. The first-order chi connectivity index (χ1) is 7.97. The van der Waals surface area contributed by atoms with Gasteiger partial charge in [0.15, 0.2) is 0 Å². The summed E-state index contributed by atoms with van der Waals surface area (Å²) >= 11 is 5.82. The summed E-state index contributed by atoms with van der Waals surface area (Å²) in [6.07, 6.45) is 1.64. The molecule has 1 aromatic carbocycles. The van der Waals surface area contributed by atoms with Crippen LogP contribution < -0.4 is 16.2 Å². The molecular weight excluding hydrogens is 236 g/mol. The molecule has 2 unspecified atom stereocenters. The second kappa shape index (κ2) is 6.84. The van der Waals surface area contributed by atoms with E-state index in [1.165, 1.54) is 0 Å². The van der Waals surface area contributed by atoms with Crippen LogP contribution in [-0.2, 0) is 0 Å². The lowest BCUT2D eigenvalue weighted by molar-refractivity contribution is 0.167. The van der Waals surface area contributed by atoms with Crippen LogP contribution in [0.1, 0.15) is 26.7 Å². The third-order valence-electron chi connectivity index (χ3n) is 2.39. The predicted molar refractivity (Wildman–Crippen MR) is 72.4 cm³/mol. The Bertz CT molecular complexity index is 315. The average Bonchev–Trinajstić information content (AvgIpc) is 2.19. The molecule has 4 N–H and O–H groups in total. The number of benzene rings is 1. The van der Waals surface area contributed by atoms with E-state index < -0.39 is 0 Å². The van der Waals surface area contributed by atoms with E-state index >= 15 is 0 Å². The lowest BCUT2D eigenvalue weighted by atomic mass is 10.0. The number of hydrogen-bond acceptors (Lipinski definition) is 3. The molecule has 0 aliphatic carbocycles. The third-order valence-corrected chi connectivity index (χ3v) is 2.64. The maximum Gasteiger partial charge on any atom is 0.119 e. The van der Waals surface area contributed by atoms with Gasteiger partial charge < -0.3 is 16.2 Å². The first-order valence-electron chi connectivity index (χ1n) is 5.90. The van der Waals surface area contributed by atoms with Crippen LogP contribution >= 0.6 is 11.6 Å². The molecule has 0 saturated heterocycles. The molecule has 96 valence electrons. The van der Waals surface area contributed by atoms with Crippen molar-refractivity contribution in [3.05, 3.63) is 29.3 Å². The maximum atomic E-state index is 5.87. The van der Waals surface area contributed by atoms with E-state index in [0.29, 0.717) is 5.02 Å². The van der Waals surface area contributed by atoms with Crippen molar-refractivity contribution in [2.24, 2.45) is 11.5 Å². The van der Waals surface area contributed by atoms with Crippen molar-refractivity contribution in [3.8, 4) is 5.75 Å². The number of nitrogens with two attached hydrogens (primary N) is 2. The van der Waals surface area contributed by atoms with Crippen LogP contribution in [0, 0.1) is 0 Å². The summed E-state index contributed by atoms with van der Waals surface area (Å²) in [6.45, 7) is 3.94. The van der Waals surface area contributed by atoms with E-state index in [1.807, 2.05) is 38.1 Å². The van der Waals surface area contributed by atoms with E-state index in [2.05, 4.69) is 0 Å². The van der Waals surface area contributed by atoms with Crippen molar-refractivity contribution in [3.63, 3.8) is 0 Å². The number of halogens is 1. The SMILES string of the molecule is CC(N)CC(CC(C)N)Oc1ccc(Cl)cc1. The topological polar surface area (TPSA) is 61.3 Å². The Morgan fingerprint density at radius 2 is 1.53 bits per heavy atom. The van der Waals surface area contributed by atoms with Crippen LogP contribution in [0.3, 0.4) is 0 Å². The van der Waals surface area contributed by atoms with Gasteiger partial charge in [-0.15, -0.1) is 0 Å². The van der Waals surface area contributed by atoms with Crippen LogP contribution in [0.4, 0.5) is 0 Å². The second-order valence-corrected chi connectivity index (χ2v) is 5.06. The Morgan fingerprint density at radius 1 is 1.06 bits per heavy atom. The van der Waals surface area contributed by atoms with Crippen LogP contribution in [0.5, 0.6) is 5.75 Å². The summed E-state index contributed by atoms with van der Waals surface area (Å²) in [5.41, 5.74) is 11.6. The molecule has 0 radical (unpaired) electrons. The van der Waals surface area contributed by atoms with Gasteiger partial charge in [-0.25, -0.2) is 0 Å². The first kappa shape index (κ1) is 14.3. The van der Waals surface area contributed by atoms with Gasteiger partial charge in [-0.3, -0.25) is 0 Å². The van der Waals surface area contributed by atoms with Crippen molar-refractivity contribution in [2.45, 2.75) is 44.9 Å². The van der Waals surface area contributed by atoms with Gasteiger partial charge in [-0.05, 0) is 51.0 Å². The molecule has 0 heterocycles. The van der Waals surface area contributed by atoms with Crippen LogP contribution in [-0.4, -0.2) is 18.2 Å². The van der Waals surface area contributed by atoms with Crippen molar-refractivity contribution < 1.29 is 4.74 Å². The number of rotatable bonds is 6. The highest BCUT2D eigenvalue weighted by molar-refractivity contribution is 6.30. The van der Waals surface area contributed by atoms with Gasteiger partial charge in [0.2, 0.25) is 0 Å². The number of hydrogen-bond donors (Lipinski definition) is 2. The quantitative estimate of drug-likeness (QED) is 0.822. The zero-order valence-electron chi connectivity index (χ0n) is 10.4. The Kier molecular flexibility index (Phi) is 5.75. The summed E-state index contributed by atoms with van der Waals surface area (Å²) in [7, 11) is 0. The van der Waals surface area contributed by atoms with Crippen molar-refractivity contribution in [1.29, 1.82) is 0 Å². The maximum absolute atomic E-state index is 5.87. The average molecular weight is 257 g/mol. The molecule has 0 aliphatic heterocycles. The van der Waals surface area contributed by atoms with Gasteiger partial charge >= 0.3 is 0 Å². The lowest BCUT2D eigenvalue weighted by Gasteiger charge is -2.22. The molecule has 4 heteroatoms. The molecule has 0 aliphatic rings. The van der Waals surface area contributed by atoms with E-state index in [0.717, 1.165) is 18.6 Å². The van der Waals surface area contributed by atoms with E-state index in [-0.39, 0.29) is 18.2 Å². The van der Waals surface area contributed by atoms with Gasteiger partial charge in [0, 0.05) is 17.1 Å². The molecular formula is C13H21ClN2O. The Hall–Kier alpha value is -0.770. The minimum atomic E-state index is 0.0520. The minimum absolute atomic E-state index is 0.0520. The summed E-state index contributed by atoms with van der Waals surface area (Å²) in [4.78, 5) is 0. The van der Waals surface area contributed by atoms with Crippen LogP contribution in [0.2, 0.25) is 5.02 Å². The molecule has 0 bridgehead atoms. The third kappa shape index (κ3) is 5.91. The Labute approximate surface area is 108 Å². The normalized spacial score (nSPS) is 16.3. The first-order valence-corrected chi connectivity index (χ1v) is 6.28. The smallest absolute Gasteiger partial charge is 0.119 e. The minimum Gasteiger partial charge on any atom is -0.490 e. The lowest BCUT2D eigenvalue weighted by Crippen LogP contribution is -2.32. The van der Waals surface area contributed by atoms with Crippen LogP contribution in [0.15, 0.2) is 24.3 Å². The summed E-state index contributed by atoms with van der Waals surface area (Å²) < 4.78 is 5.87. The predicted octanol–water partition coefficient (Wildman–Crippen LogP) is 2.56.